The zero-order chi connectivity index (χ0) is 6.85. The standard InChI is InChI=1S/C5H7NO2S/c1-6-2-3-9-4(6)5(7)8/h2-3H2,1H3/p+1. The fourth-order valence-electron chi connectivity index (χ4n) is 0.716. The van der Waals surface area contributed by atoms with E-state index in [9.17, 15) is 4.79 Å². The second-order valence-corrected chi connectivity index (χ2v) is 2.96. The molecule has 0 aromatic rings. The lowest BCUT2D eigenvalue weighted by Crippen LogP contribution is -2.17. The van der Waals surface area contributed by atoms with Crippen molar-refractivity contribution < 1.29 is 14.5 Å². The molecule has 0 atom stereocenters. The van der Waals surface area contributed by atoms with E-state index in [2.05, 4.69) is 0 Å². The van der Waals surface area contributed by atoms with Gasteiger partial charge in [0.25, 0.3) is 0 Å². The summed E-state index contributed by atoms with van der Waals surface area (Å²) in [7, 11) is 1.80. The van der Waals surface area contributed by atoms with E-state index < -0.39 is 5.97 Å². The van der Waals surface area contributed by atoms with Gasteiger partial charge >= 0.3 is 11.0 Å². The Bertz CT molecular complexity index is 176. The number of carboxylic acid groups (broad SMARTS) is 1. The predicted octanol–water partition coefficient (Wildman–Crippen LogP) is -0.141. The Kier molecular flexibility index (Phi) is 1.75. The molecule has 0 aromatic heterocycles. The van der Waals surface area contributed by atoms with Gasteiger partial charge in [-0.05, 0) is 11.8 Å². The fraction of sp³-hybridized carbons (Fsp3) is 0.600. The highest BCUT2D eigenvalue weighted by atomic mass is 32.2. The maximum absolute atomic E-state index is 10.3. The molecule has 0 aromatic carbocycles. The summed E-state index contributed by atoms with van der Waals surface area (Å²) in [6, 6.07) is 0. The summed E-state index contributed by atoms with van der Waals surface area (Å²) >= 11 is 1.40. The Labute approximate surface area is 57.4 Å². The quantitative estimate of drug-likeness (QED) is 0.523. The van der Waals surface area contributed by atoms with E-state index >= 15 is 0 Å². The highest BCUT2D eigenvalue weighted by molar-refractivity contribution is 8.15. The summed E-state index contributed by atoms with van der Waals surface area (Å²) in [5.41, 5.74) is 0. The first kappa shape index (κ1) is 6.61. The summed E-state index contributed by atoms with van der Waals surface area (Å²) in [5, 5.41) is 8.95. The molecule has 0 saturated heterocycles. The molecule has 0 spiro atoms. The molecule has 3 nitrogen and oxygen atoms in total. The molecule has 4 heteroatoms. The number of carbonyl (C=O) groups is 1. The van der Waals surface area contributed by atoms with Gasteiger partial charge in [-0.25, -0.2) is 9.37 Å². The van der Waals surface area contributed by atoms with Crippen molar-refractivity contribution in [3.8, 4) is 0 Å². The van der Waals surface area contributed by atoms with Crippen molar-refractivity contribution in [2.75, 3.05) is 19.3 Å². The molecule has 0 bridgehead atoms. The third kappa shape index (κ3) is 1.24. The number of hydrogen-bond acceptors (Lipinski definition) is 2. The van der Waals surface area contributed by atoms with Crippen molar-refractivity contribution in [3.05, 3.63) is 0 Å². The topological polar surface area (TPSA) is 40.3 Å². The molecule has 0 aliphatic carbocycles. The SMILES string of the molecule is C[N+]1=C(C(=O)O)SCC1. The number of thioether (sulfide) groups is 1. The van der Waals surface area contributed by atoms with Crippen LogP contribution in [0.25, 0.3) is 0 Å². The second kappa shape index (κ2) is 2.39. The van der Waals surface area contributed by atoms with E-state index in [0.717, 1.165) is 12.3 Å². The van der Waals surface area contributed by atoms with Crippen LogP contribution in [-0.4, -0.2) is 40.0 Å². The number of hydrogen-bond donors (Lipinski definition) is 1. The van der Waals surface area contributed by atoms with E-state index in [4.69, 9.17) is 5.11 Å². The van der Waals surface area contributed by atoms with Crippen LogP contribution in [0, 0.1) is 0 Å². The van der Waals surface area contributed by atoms with Crippen LogP contribution in [0.15, 0.2) is 0 Å². The van der Waals surface area contributed by atoms with E-state index in [1.54, 1.807) is 11.6 Å². The molecule has 1 aliphatic rings. The zero-order valence-electron chi connectivity index (χ0n) is 5.13. The molecule has 1 N–H and O–H groups in total. The normalized spacial score (nSPS) is 18.8. The van der Waals surface area contributed by atoms with E-state index in [-0.39, 0.29) is 0 Å². The molecule has 0 radical (unpaired) electrons. The molecule has 0 unspecified atom stereocenters. The van der Waals surface area contributed by atoms with Crippen molar-refractivity contribution in [2.45, 2.75) is 0 Å². The molecule has 1 rings (SSSR count). The molecule has 0 fully saturated rings. The van der Waals surface area contributed by atoms with Gasteiger partial charge in [-0.3, -0.25) is 0 Å². The Morgan fingerprint density at radius 3 is 2.78 bits per heavy atom. The smallest absolute Gasteiger partial charge is 0.408 e. The molecule has 50 valence electrons. The van der Waals surface area contributed by atoms with Gasteiger partial charge in [-0.15, -0.1) is 0 Å². The van der Waals surface area contributed by atoms with E-state index in [1.165, 1.54) is 11.8 Å². The van der Waals surface area contributed by atoms with Gasteiger partial charge in [0.05, 0.1) is 5.75 Å². The summed E-state index contributed by atoms with van der Waals surface area (Å²) in [5.74, 6) is 0.0954. The Hall–Kier alpha value is -0.510. The maximum Gasteiger partial charge on any atom is 0.408 e. The summed E-state index contributed by atoms with van der Waals surface area (Å²) < 4.78 is 1.76. The predicted molar refractivity (Wildman–Crippen MR) is 36.2 cm³/mol. The van der Waals surface area contributed by atoms with E-state index in [1.807, 2.05) is 0 Å². The summed E-state index contributed by atoms with van der Waals surface area (Å²) in [6.07, 6.45) is 0. The van der Waals surface area contributed by atoms with Gasteiger partial charge in [-0.2, -0.15) is 0 Å². The van der Waals surface area contributed by atoms with Crippen LogP contribution in [0.4, 0.5) is 0 Å². The van der Waals surface area contributed by atoms with Crippen LogP contribution in [-0.2, 0) is 4.79 Å². The highest BCUT2D eigenvalue weighted by Gasteiger charge is 2.26. The van der Waals surface area contributed by atoms with Gasteiger partial charge < -0.3 is 5.11 Å². The Morgan fingerprint density at radius 2 is 2.56 bits per heavy atom. The van der Waals surface area contributed by atoms with Crippen LogP contribution < -0.4 is 0 Å². The van der Waals surface area contributed by atoms with E-state index in [0.29, 0.717) is 5.04 Å². The van der Waals surface area contributed by atoms with Crippen LogP contribution in [0.5, 0.6) is 0 Å². The van der Waals surface area contributed by atoms with Gasteiger partial charge in [-0.1, -0.05) is 0 Å². The van der Waals surface area contributed by atoms with Gasteiger partial charge in [0.2, 0.25) is 0 Å². The maximum atomic E-state index is 10.3. The fourth-order valence-corrected chi connectivity index (χ4v) is 1.71. The molecule has 1 aliphatic heterocycles. The largest absolute Gasteiger partial charge is 0.473 e. The summed E-state index contributed by atoms with van der Waals surface area (Å²) in [4.78, 5) is 10.3. The van der Waals surface area contributed by atoms with Crippen molar-refractivity contribution in [1.29, 1.82) is 0 Å². The Balaban J connectivity index is 2.78. The average Bonchev–Trinajstić information content (AvgIpc) is 2.13. The van der Waals surface area contributed by atoms with Crippen LogP contribution >= 0.6 is 11.8 Å². The van der Waals surface area contributed by atoms with Gasteiger partial charge in [0, 0.05) is 0 Å². The minimum Gasteiger partial charge on any atom is -0.473 e. The minimum atomic E-state index is -0.806. The first-order valence-corrected chi connectivity index (χ1v) is 3.64. The van der Waals surface area contributed by atoms with Crippen LogP contribution in [0.3, 0.4) is 0 Å². The highest BCUT2D eigenvalue weighted by Crippen LogP contribution is 2.09. The third-order valence-electron chi connectivity index (χ3n) is 1.20. The molecule has 1 heterocycles. The molecular weight excluding hydrogens is 138 g/mol. The second-order valence-electron chi connectivity index (χ2n) is 1.88. The monoisotopic (exact) mass is 146 g/mol. The van der Waals surface area contributed by atoms with Crippen LogP contribution in [0.1, 0.15) is 0 Å². The lowest BCUT2D eigenvalue weighted by Gasteiger charge is -1.85. The van der Waals surface area contributed by atoms with Crippen LogP contribution in [0.2, 0.25) is 0 Å². The lowest BCUT2D eigenvalue weighted by molar-refractivity contribution is -0.485. The summed E-state index contributed by atoms with van der Waals surface area (Å²) in [6.45, 7) is 0.853. The van der Waals surface area contributed by atoms with Crippen molar-refractivity contribution in [1.82, 2.24) is 0 Å². The molecule has 9 heavy (non-hydrogen) atoms. The van der Waals surface area contributed by atoms with Crippen molar-refractivity contribution in [3.63, 3.8) is 0 Å². The Morgan fingerprint density at radius 1 is 1.89 bits per heavy atom. The third-order valence-corrected chi connectivity index (χ3v) is 2.34. The number of aliphatic carboxylic acids is 1. The first-order chi connectivity index (χ1) is 4.22. The zero-order valence-corrected chi connectivity index (χ0v) is 5.94. The molecular formula is C5H8NO2S+. The lowest BCUT2D eigenvalue weighted by atomic mass is 10.6. The average molecular weight is 146 g/mol. The number of rotatable bonds is 1. The molecule has 0 saturated carbocycles. The van der Waals surface area contributed by atoms with Crippen molar-refractivity contribution in [2.24, 2.45) is 0 Å². The van der Waals surface area contributed by atoms with Crippen molar-refractivity contribution >= 4 is 22.8 Å². The minimum absolute atomic E-state index is 0.468. The molecule has 0 amide bonds. The first-order valence-electron chi connectivity index (χ1n) is 2.66. The number of nitrogens with zero attached hydrogens (tertiary/aromatic N) is 1. The number of carboxylic acids is 1. The van der Waals surface area contributed by atoms with Gasteiger partial charge in [0.15, 0.2) is 6.54 Å². The van der Waals surface area contributed by atoms with Gasteiger partial charge in [0.1, 0.15) is 7.05 Å².